The molecule has 3 fully saturated rings. The Morgan fingerprint density at radius 3 is 2.53 bits per heavy atom. The molecular weight excluding hydrogens is 244 g/mol. The summed E-state index contributed by atoms with van der Waals surface area (Å²) < 4.78 is 5.61. The van der Waals surface area contributed by atoms with E-state index in [4.69, 9.17) is 4.74 Å². The lowest BCUT2D eigenvalue weighted by atomic mass is 9.54. The Hall–Kier alpha value is -0.610. The van der Waals surface area contributed by atoms with Gasteiger partial charge in [0, 0.05) is 0 Å². The number of fused-ring (bicyclic) bond motifs is 1. The van der Waals surface area contributed by atoms with Crippen LogP contribution in [0.1, 0.15) is 46.0 Å². The van der Waals surface area contributed by atoms with Crippen LogP contribution in [0.2, 0.25) is 0 Å². The molecule has 3 rings (SSSR count). The van der Waals surface area contributed by atoms with E-state index in [1.807, 2.05) is 6.92 Å². The van der Waals surface area contributed by atoms with Crippen LogP contribution in [-0.4, -0.2) is 34.5 Å². The molecule has 0 aromatic heterocycles. The molecule has 0 amide bonds. The number of aliphatic hydroxyl groups is 1. The number of carboxylic acids is 1. The fourth-order valence-corrected chi connectivity index (χ4v) is 4.74. The van der Waals surface area contributed by atoms with E-state index in [2.05, 4.69) is 6.92 Å². The highest BCUT2D eigenvalue weighted by molar-refractivity contribution is 5.76. The molecule has 1 heterocycles. The summed E-state index contributed by atoms with van der Waals surface area (Å²) in [6, 6.07) is 0. The van der Waals surface area contributed by atoms with E-state index < -0.39 is 11.4 Å². The van der Waals surface area contributed by atoms with Crippen LogP contribution in [0.3, 0.4) is 0 Å². The van der Waals surface area contributed by atoms with Gasteiger partial charge < -0.3 is 14.9 Å². The fourth-order valence-electron chi connectivity index (χ4n) is 4.74. The summed E-state index contributed by atoms with van der Waals surface area (Å²) in [6.07, 6.45) is 4.10. The number of aliphatic carboxylic acids is 1. The molecule has 1 aliphatic heterocycles. The molecule has 4 heteroatoms. The van der Waals surface area contributed by atoms with Gasteiger partial charge in [-0.15, -0.1) is 0 Å². The van der Waals surface area contributed by atoms with Crippen molar-refractivity contribution in [3.05, 3.63) is 0 Å². The third kappa shape index (κ3) is 2.00. The standard InChI is InChI=1S/C15H24O4/c1-8-5-12-13(19-12)7-11(8)15(14(17)18)4-3-10(16)6-9(15)2/h8-13,16H,3-7H2,1-2H3,(H,17,18). The van der Waals surface area contributed by atoms with Crippen LogP contribution in [-0.2, 0) is 9.53 Å². The molecular formula is C15H24O4. The van der Waals surface area contributed by atoms with E-state index in [-0.39, 0.29) is 17.9 Å². The Morgan fingerprint density at radius 2 is 1.89 bits per heavy atom. The maximum atomic E-state index is 12.0. The maximum absolute atomic E-state index is 12.0. The number of carboxylic acid groups (broad SMARTS) is 1. The van der Waals surface area contributed by atoms with E-state index in [0.29, 0.717) is 37.4 Å². The van der Waals surface area contributed by atoms with E-state index in [9.17, 15) is 15.0 Å². The van der Waals surface area contributed by atoms with Gasteiger partial charge in [0.1, 0.15) is 0 Å². The van der Waals surface area contributed by atoms with Crippen LogP contribution >= 0.6 is 0 Å². The Labute approximate surface area is 114 Å². The Bertz CT molecular complexity index is 382. The minimum absolute atomic E-state index is 0.0384. The van der Waals surface area contributed by atoms with Crippen LogP contribution in [0.5, 0.6) is 0 Å². The van der Waals surface area contributed by atoms with E-state index >= 15 is 0 Å². The van der Waals surface area contributed by atoms with E-state index in [1.54, 1.807) is 0 Å². The second-order valence-corrected chi connectivity index (χ2v) is 6.94. The lowest BCUT2D eigenvalue weighted by Crippen LogP contribution is -2.51. The first-order valence-electron chi connectivity index (χ1n) is 7.52. The number of rotatable bonds is 2. The van der Waals surface area contributed by atoms with Gasteiger partial charge in [-0.1, -0.05) is 13.8 Å². The van der Waals surface area contributed by atoms with Crippen molar-refractivity contribution in [3.8, 4) is 0 Å². The van der Waals surface area contributed by atoms with Gasteiger partial charge in [-0.05, 0) is 49.9 Å². The van der Waals surface area contributed by atoms with E-state index in [1.165, 1.54) is 0 Å². The highest BCUT2D eigenvalue weighted by Gasteiger charge is 2.59. The second-order valence-electron chi connectivity index (χ2n) is 6.94. The summed E-state index contributed by atoms with van der Waals surface area (Å²) in [4.78, 5) is 12.0. The highest BCUT2D eigenvalue weighted by atomic mass is 16.6. The van der Waals surface area contributed by atoms with Crippen LogP contribution in [0, 0.1) is 23.2 Å². The molecule has 0 bridgehead atoms. The highest BCUT2D eigenvalue weighted by Crippen LogP contribution is 2.56. The third-order valence-electron chi connectivity index (χ3n) is 5.92. The predicted octanol–water partition coefficient (Wildman–Crippen LogP) is 2.05. The monoisotopic (exact) mass is 268 g/mol. The van der Waals surface area contributed by atoms with E-state index in [0.717, 1.165) is 12.8 Å². The van der Waals surface area contributed by atoms with Gasteiger partial charge >= 0.3 is 5.97 Å². The summed E-state index contributed by atoms with van der Waals surface area (Å²) in [5, 5.41) is 19.7. The number of epoxide rings is 1. The van der Waals surface area contributed by atoms with Gasteiger partial charge in [-0.3, -0.25) is 4.79 Å². The SMILES string of the molecule is CC1CC2OC2CC1C1(C(=O)O)CCC(O)CC1C. The molecule has 7 atom stereocenters. The minimum Gasteiger partial charge on any atom is -0.481 e. The first kappa shape index (κ1) is 13.4. The van der Waals surface area contributed by atoms with Crippen molar-refractivity contribution >= 4 is 5.97 Å². The average molecular weight is 268 g/mol. The molecule has 1 saturated heterocycles. The zero-order valence-electron chi connectivity index (χ0n) is 11.7. The van der Waals surface area contributed by atoms with Crippen molar-refractivity contribution < 1.29 is 19.7 Å². The molecule has 4 nitrogen and oxygen atoms in total. The lowest BCUT2D eigenvalue weighted by molar-refractivity contribution is -0.166. The second kappa shape index (κ2) is 4.45. The number of hydrogen-bond donors (Lipinski definition) is 2. The molecule has 2 N–H and O–H groups in total. The zero-order chi connectivity index (χ0) is 13.8. The topological polar surface area (TPSA) is 70.1 Å². The molecule has 2 saturated carbocycles. The normalized spacial score (nSPS) is 53.4. The van der Waals surface area contributed by atoms with Crippen molar-refractivity contribution in [1.82, 2.24) is 0 Å². The Morgan fingerprint density at radius 1 is 1.21 bits per heavy atom. The van der Waals surface area contributed by atoms with Gasteiger partial charge in [0.05, 0.1) is 23.7 Å². The van der Waals surface area contributed by atoms with Crippen LogP contribution in [0.25, 0.3) is 0 Å². The Kier molecular flexibility index (Phi) is 3.13. The first-order chi connectivity index (χ1) is 8.95. The van der Waals surface area contributed by atoms with Crippen molar-refractivity contribution in [2.75, 3.05) is 0 Å². The summed E-state index contributed by atoms with van der Waals surface area (Å²) in [5.41, 5.74) is -0.657. The summed E-state index contributed by atoms with van der Waals surface area (Å²) >= 11 is 0. The smallest absolute Gasteiger partial charge is 0.310 e. The first-order valence-corrected chi connectivity index (χ1v) is 7.52. The number of hydrogen-bond acceptors (Lipinski definition) is 3. The summed E-state index contributed by atoms with van der Waals surface area (Å²) in [6.45, 7) is 4.17. The zero-order valence-corrected chi connectivity index (χ0v) is 11.7. The molecule has 19 heavy (non-hydrogen) atoms. The fraction of sp³-hybridized carbons (Fsp3) is 0.933. The van der Waals surface area contributed by atoms with Crippen molar-refractivity contribution in [3.63, 3.8) is 0 Å². The lowest BCUT2D eigenvalue weighted by Gasteiger charge is -2.49. The van der Waals surface area contributed by atoms with Crippen LogP contribution in [0.15, 0.2) is 0 Å². The van der Waals surface area contributed by atoms with Gasteiger partial charge in [-0.25, -0.2) is 0 Å². The van der Waals surface area contributed by atoms with Gasteiger partial charge in [0.15, 0.2) is 0 Å². The largest absolute Gasteiger partial charge is 0.481 e. The number of aliphatic hydroxyl groups excluding tert-OH is 1. The molecule has 0 radical (unpaired) electrons. The van der Waals surface area contributed by atoms with Crippen molar-refractivity contribution in [2.45, 2.75) is 64.3 Å². The number of ether oxygens (including phenoxy) is 1. The van der Waals surface area contributed by atoms with Crippen LogP contribution in [0.4, 0.5) is 0 Å². The third-order valence-corrected chi connectivity index (χ3v) is 5.92. The molecule has 0 aromatic rings. The molecule has 0 aromatic carbocycles. The van der Waals surface area contributed by atoms with Gasteiger partial charge in [0.2, 0.25) is 0 Å². The Balaban J connectivity index is 1.89. The predicted molar refractivity (Wildman–Crippen MR) is 69.6 cm³/mol. The average Bonchev–Trinajstić information content (AvgIpc) is 3.06. The van der Waals surface area contributed by atoms with Crippen molar-refractivity contribution in [2.24, 2.45) is 23.2 Å². The van der Waals surface area contributed by atoms with Gasteiger partial charge in [0.25, 0.3) is 0 Å². The minimum atomic E-state index is -0.664. The summed E-state index contributed by atoms with van der Waals surface area (Å²) in [5.74, 6) is -0.0341. The molecule has 3 aliphatic rings. The van der Waals surface area contributed by atoms with Crippen molar-refractivity contribution in [1.29, 1.82) is 0 Å². The van der Waals surface area contributed by atoms with Gasteiger partial charge in [-0.2, -0.15) is 0 Å². The van der Waals surface area contributed by atoms with Crippen LogP contribution < -0.4 is 0 Å². The molecule has 108 valence electrons. The molecule has 7 unspecified atom stereocenters. The summed E-state index contributed by atoms with van der Waals surface area (Å²) in [7, 11) is 0. The molecule has 0 spiro atoms. The molecule has 2 aliphatic carbocycles. The maximum Gasteiger partial charge on any atom is 0.310 e. The quantitative estimate of drug-likeness (QED) is 0.752. The number of carbonyl (C=O) groups is 1.